The molecule has 21 heavy (non-hydrogen) atoms. The minimum Gasteiger partial charge on any atom is -0.504 e. The summed E-state index contributed by atoms with van der Waals surface area (Å²) >= 11 is 0. The van der Waals surface area contributed by atoms with Crippen molar-refractivity contribution in [3.05, 3.63) is 47.8 Å². The molecule has 1 aromatic heterocycles. The van der Waals surface area contributed by atoms with Gasteiger partial charge in [0.1, 0.15) is 0 Å². The highest BCUT2D eigenvalue weighted by Gasteiger charge is 2.13. The zero-order chi connectivity index (χ0) is 15.4. The fraction of sp³-hybridized carbons (Fsp3) is 0.0714. The lowest BCUT2D eigenvalue weighted by Crippen LogP contribution is -2.19. The highest BCUT2D eigenvalue weighted by molar-refractivity contribution is 6.00. The summed E-state index contributed by atoms with van der Waals surface area (Å²) in [5, 5.41) is 31.8. The van der Waals surface area contributed by atoms with E-state index in [1.807, 2.05) is 0 Å². The zero-order valence-electron chi connectivity index (χ0n) is 11.1. The third kappa shape index (κ3) is 3.27. The van der Waals surface area contributed by atoms with Crippen LogP contribution in [0.1, 0.15) is 23.0 Å². The maximum atomic E-state index is 11.9. The quantitative estimate of drug-likeness (QED) is 0.386. The van der Waals surface area contributed by atoms with Crippen LogP contribution >= 0.6 is 0 Å². The van der Waals surface area contributed by atoms with Gasteiger partial charge in [-0.15, -0.1) is 0 Å². The fourth-order valence-electron chi connectivity index (χ4n) is 1.57. The highest BCUT2D eigenvalue weighted by atomic mass is 16.3. The Kier molecular flexibility index (Phi) is 4.03. The number of phenols is 3. The summed E-state index contributed by atoms with van der Waals surface area (Å²) in [5.74, 6) is -2.51. The van der Waals surface area contributed by atoms with Crippen LogP contribution < -0.4 is 5.43 Å². The average Bonchev–Trinajstić information content (AvgIpc) is 2.50. The Labute approximate surface area is 120 Å². The average molecular weight is 287 g/mol. The Bertz CT molecular complexity index is 676. The molecule has 0 saturated carbocycles. The van der Waals surface area contributed by atoms with Crippen LogP contribution in [0.3, 0.4) is 0 Å². The van der Waals surface area contributed by atoms with Crippen molar-refractivity contribution in [2.24, 2.45) is 5.10 Å². The topological polar surface area (TPSA) is 115 Å². The van der Waals surface area contributed by atoms with Crippen LogP contribution in [0.4, 0.5) is 0 Å². The molecule has 2 aromatic rings. The molecule has 0 fully saturated rings. The number of aromatic hydroxyl groups is 3. The van der Waals surface area contributed by atoms with Gasteiger partial charge in [-0.25, -0.2) is 5.43 Å². The molecular formula is C14H13N3O4. The maximum Gasteiger partial charge on any atom is 0.271 e. The predicted molar refractivity (Wildman–Crippen MR) is 75.4 cm³/mol. The summed E-state index contributed by atoms with van der Waals surface area (Å²) in [6.07, 6.45) is 1.60. The van der Waals surface area contributed by atoms with Crippen LogP contribution in [-0.2, 0) is 0 Å². The SMILES string of the molecule is C/C(=N\NC(=O)c1cc(O)c(O)c(O)c1)c1ccccn1. The minimum atomic E-state index is -0.681. The molecule has 1 amide bonds. The molecule has 0 aliphatic rings. The van der Waals surface area contributed by atoms with Gasteiger partial charge in [-0.1, -0.05) is 6.07 Å². The predicted octanol–water partition coefficient (Wildman–Crippen LogP) is 1.35. The number of nitrogens with zero attached hydrogens (tertiary/aromatic N) is 2. The van der Waals surface area contributed by atoms with E-state index in [4.69, 9.17) is 0 Å². The second-order valence-corrected chi connectivity index (χ2v) is 4.22. The Morgan fingerprint density at radius 3 is 2.43 bits per heavy atom. The molecule has 0 aliphatic carbocycles. The van der Waals surface area contributed by atoms with Gasteiger partial charge in [-0.3, -0.25) is 9.78 Å². The van der Waals surface area contributed by atoms with E-state index in [0.29, 0.717) is 11.4 Å². The number of benzene rings is 1. The van der Waals surface area contributed by atoms with Crippen LogP contribution in [0, 0.1) is 0 Å². The largest absolute Gasteiger partial charge is 0.504 e. The molecule has 7 nitrogen and oxygen atoms in total. The Morgan fingerprint density at radius 2 is 1.86 bits per heavy atom. The lowest BCUT2D eigenvalue weighted by molar-refractivity contribution is 0.0954. The number of aromatic nitrogens is 1. The first kappa shape index (κ1) is 14.3. The molecule has 108 valence electrons. The van der Waals surface area contributed by atoms with Crippen molar-refractivity contribution < 1.29 is 20.1 Å². The van der Waals surface area contributed by atoms with E-state index < -0.39 is 23.2 Å². The van der Waals surface area contributed by atoms with Gasteiger partial charge in [0, 0.05) is 11.8 Å². The first-order valence-corrected chi connectivity index (χ1v) is 6.00. The van der Waals surface area contributed by atoms with E-state index in [2.05, 4.69) is 15.5 Å². The molecule has 0 bridgehead atoms. The summed E-state index contributed by atoms with van der Waals surface area (Å²) in [7, 11) is 0. The summed E-state index contributed by atoms with van der Waals surface area (Å²) in [6.45, 7) is 1.67. The molecule has 1 aromatic carbocycles. The molecule has 1 heterocycles. The van der Waals surface area contributed by atoms with Gasteiger partial charge in [-0.2, -0.15) is 5.10 Å². The van der Waals surface area contributed by atoms with E-state index in [1.165, 1.54) is 0 Å². The van der Waals surface area contributed by atoms with Gasteiger partial charge in [-0.05, 0) is 31.2 Å². The van der Waals surface area contributed by atoms with E-state index in [0.717, 1.165) is 12.1 Å². The van der Waals surface area contributed by atoms with Crippen molar-refractivity contribution in [3.63, 3.8) is 0 Å². The lowest BCUT2D eigenvalue weighted by atomic mass is 10.2. The van der Waals surface area contributed by atoms with Gasteiger partial charge in [0.2, 0.25) is 0 Å². The first-order chi connectivity index (χ1) is 9.99. The number of amides is 1. The van der Waals surface area contributed by atoms with Crippen molar-refractivity contribution in [2.45, 2.75) is 6.92 Å². The second-order valence-electron chi connectivity index (χ2n) is 4.22. The van der Waals surface area contributed by atoms with Gasteiger partial charge in [0.25, 0.3) is 5.91 Å². The van der Waals surface area contributed by atoms with Crippen LogP contribution in [0.25, 0.3) is 0 Å². The standard InChI is InChI=1S/C14H13N3O4/c1-8(10-4-2-3-5-15-10)16-17-14(21)9-6-11(18)13(20)12(19)7-9/h2-7,18-20H,1H3,(H,17,21)/b16-8+. The minimum absolute atomic E-state index is 0.0413. The Morgan fingerprint density at radius 1 is 1.19 bits per heavy atom. The number of nitrogens with one attached hydrogen (secondary N) is 1. The molecule has 7 heteroatoms. The number of pyridine rings is 1. The highest BCUT2D eigenvalue weighted by Crippen LogP contribution is 2.35. The number of hydrazone groups is 1. The summed E-state index contributed by atoms with van der Waals surface area (Å²) in [5.41, 5.74) is 3.34. The zero-order valence-corrected chi connectivity index (χ0v) is 11.1. The van der Waals surface area contributed by atoms with Crippen molar-refractivity contribution in [2.75, 3.05) is 0 Å². The summed E-state index contributed by atoms with van der Waals surface area (Å²) in [6, 6.07) is 7.34. The molecule has 0 saturated heterocycles. The molecule has 0 aliphatic heterocycles. The number of rotatable bonds is 3. The molecule has 4 N–H and O–H groups in total. The Balaban J connectivity index is 2.15. The van der Waals surface area contributed by atoms with Crippen LogP contribution in [0.15, 0.2) is 41.6 Å². The number of hydrogen-bond donors (Lipinski definition) is 4. The van der Waals surface area contributed by atoms with E-state index >= 15 is 0 Å². The number of hydrogen-bond acceptors (Lipinski definition) is 6. The van der Waals surface area contributed by atoms with E-state index in [-0.39, 0.29) is 5.56 Å². The van der Waals surface area contributed by atoms with Crippen LogP contribution in [0.5, 0.6) is 17.2 Å². The monoisotopic (exact) mass is 287 g/mol. The van der Waals surface area contributed by atoms with Crippen molar-refractivity contribution in [3.8, 4) is 17.2 Å². The molecule has 0 atom stereocenters. The van der Waals surface area contributed by atoms with Gasteiger partial charge in [0.15, 0.2) is 17.2 Å². The van der Waals surface area contributed by atoms with Crippen LogP contribution in [0.2, 0.25) is 0 Å². The third-order valence-corrected chi connectivity index (χ3v) is 2.69. The van der Waals surface area contributed by atoms with Gasteiger partial charge < -0.3 is 15.3 Å². The summed E-state index contributed by atoms with van der Waals surface area (Å²) in [4.78, 5) is 15.9. The smallest absolute Gasteiger partial charge is 0.271 e. The maximum absolute atomic E-state index is 11.9. The van der Waals surface area contributed by atoms with Crippen molar-refractivity contribution in [1.82, 2.24) is 10.4 Å². The molecule has 0 unspecified atom stereocenters. The third-order valence-electron chi connectivity index (χ3n) is 2.69. The van der Waals surface area contributed by atoms with Crippen LogP contribution in [-0.4, -0.2) is 31.9 Å². The Hall–Kier alpha value is -3.09. The molecular weight excluding hydrogens is 274 g/mol. The first-order valence-electron chi connectivity index (χ1n) is 6.00. The summed E-state index contributed by atoms with van der Waals surface area (Å²) < 4.78 is 0. The molecule has 0 spiro atoms. The number of carbonyl (C=O) groups is 1. The van der Waals surface area contributed by atoms with Gasteiger partial charge >= 0.3 is 0 Å². The van der Waals surface area contributed by atoms with Crippen molar-refractivity contribution in [1.29, 1.82) is 0 Å². The lowest BCUT2D eigenvalue weighted by Gasteiger charge is -2.05. The van der Waals surface area contributed by atoms with E-state index in [9.17, 15) is 20.1 Å². The second kappa shape index (κ2) is 5.91. The number of carbonyl (C=O) groups excluding carboxylic acids is 1. The fourth-order valence-corrected chi connectivity index (χ4v) is 1.57. The van der Waals surface area contributed by atoms with E-state index in [1.54, 1.807) is 31.3 Å². The number of phenolic OH excluding ortho intramolecular Hbond substituents is 3. The molecule has 0 radical (unpaired) electrons. The van der Waals surface area contributed by atoms with Crippen molar-refractivity contribution >= 4 is 11.6 Å². The molecule has 2 rings (SSSR count). The van der Waals surface area contributed by atoms with Gasteiger partial charge in [0.05, 0.1) is 11.4 Å². The normalized spacial score (nSPS) is 11.2.